The highest BCUT2D eigenvalue weighted by molar-refractivity contribution is 9.10. The molecule has 0 aliphatic carbocycles. The topological polar surface area (TPSA) is 71.3 Å². The summed E-state index contributed by atoms with van der Waals surface area (Å²) >= 11 is 9.75. The van der Waals surface area contributed by atoms with E-state index in [0.717, 1.165) is 4.47 Å². The molecular formula is C25H19BrClFN2O3. The Bertz CT molecular complexity index is 1220. The predicted octanol–water partition coefficient (Wildman–Crippen LogP) is 6.76. The largest absolute Gasteiger partial charge is 0.490 e. The summed E-state index contributed by atoms with van der Waals surface area (Å²) in [6, 6.07) is 18.1. The van der Waals surface area contributed by atoms with E-state index >= 15 is 0 Å². The highest BCUT2D eigenvalue weighted by Gasteiger charge is 2.15. The first-order valence-corrected chi connectivity index (χ1v) is 11.1. The van der Waals surface area contributed by atoms with Crippen molar-refractivity contribution in [2.24, 2.45) is 0 Å². The molecule has 3 aromatic carbocycles. The minimum atomic E-state index is -0.555. The van der Waals surface area contributed by atoms with Gasteiger partial charge in [0.05, 0.1) is 11.6 Å². The highest BCUT2D eigenvalue weighted by atomic mass is 79.9. The van der Waals surface area contributed by atoms with Gasteiger partial charge in [0.1, 0.15) is 24.1 Å². The van der Waals surface area contributed by atoms with Crippen LogP contribution in [0, 0.1) is 17.1 Å². The number of rotatable bonds is 8. The summed E-state index contributed by atoms with van der Waals surface area (Å²) in [5.41, 5.74) is 1.57. The van der Waals surface area contributed by atoms with Gasteiger partial charge >= 0.3 is 0 Å². The van der Waals surface area contributed by atoms with Crippen molar-refractivity contribution in [3.63, 3.8) is 0 Å². The Morgan fingerprint density at radius 2 is 1.94 bits per heavy atom. The first-order chi connectivity index (χ1) is 15.9. The molecule has 3 aromatic rings. The molecule has 168 valence electrons. The van der Waals surface area contributed by atoms with E-state index in [1.807, 2.05) is 6.07 Å². The van der Waals surface area contributed by atoms with E-state index in [2.05, 4.69) is 21.2 Å². The van der Waals surface area contributed by atoms with Crippen LogP contribution in [-0.4, -0.2) is 12.5 Å². The summed E-state index contributed by atoms with van der Waals surface area (Å²) < 4.78 is 25.7. The fourth-order valence-corrected chi connectivity index (χ4v) is 3.44. The summed E-state index contributed by atoms with van der Waals surface area (Å²) in [7, 11) is 0. The number of benzene rings is 3. The minimum absolute atomic E-state index is 0.0891. The van der Waals surface area contributed by atoms with Gasteiger partial charge in [-0.15, -0.1) is 0 Å². The Kier molecular flexibility index (Phi) is 8.47. The summed E-state index contributed by atoms with van der Waals surface area (Å²) in [5, 5.41) is 12.4. The standard InChI is InChI=1S/C25H19BrClFN2O3/c1-2-32-23-13-17(10-18(14-29)25(31)30-21-8-6-19(26)7-9-21)12-22(27)24(23)33-15-16-4-3-5-20(28)11-16/h3-13H,2,15H2,1H3,(H,30,31)/b18-10+. The van der Waals surface area contributed by atoms with Crippen LogP contribution in [0.25, 0.3) is 6.08 Å². The lowest BCUT2D eigenvalue weighted by atomic mass is 10.1. The van der Waals surface area contributed by atoms with Gasteiger partial charge in [-0.05, 0) is 72.7 Å². The lowest BCUT2D eigenvalue weighted by Gasteiger charge is -2.15. The monoisotopic (exact) mass is 528 g/mol. The fraction of sp³-hybridized carbons (Fsp3) is 0.120. The van der Waals surface area contributed by atoms with Gasteiger partial charge in [0.25, 0.3) is 5.91 Å². The van der Waals surface area contributed by atoms with Gasteiger partial charge in [-0.3, -0.25) is 4.79 Å². The molecular weight excluding hydrogens is 511 g/mol. The van der Waals surface area contributed by atoms with Gasteiger partial charge in [0, 0.05) is 10.2 Å². The number of anilines is 1. The average molecular weight is 530 g/mol. The van der Waals surface area contributed by atoms with Gasteiger partial charge < -0.3 is 14.8 Å². The summed E-state index contributed by atoms with van der Waals surface area (Å²) in [6.45, 7) is 2.24. The maximum absolute atomic E-state index is 13.4. The zero-order valence-electron chi connectivity index (χ0n) is 17.6. The molecule has 3 rings (SSSR count). The number of hydrogen-bond donors (Lipinski definition) is 1. The molecule has 0 unspecified atom stereocenters. The normalized spacial score (nSPS) is 10.9. The van der Waals surface area contributed by atoms with Crippen LogP contribution in [0.1, 0.15) is 18.1 Å². The Hall–Kier alpha value is -3.34. The van der Waals surface area contributed by atoms with E-state index in [1.165, 1.54) is 18.2 Å². The summed E-state index contributed by atoms with van der Waals surface area (Å²) in [5.74, 6) is -0.283. The molecule has 0 saturated carbocycles. The van der Waals surface area contributed by atoms with Crippen LogP contribution < -0.4 is 14.8 Å². The first kappa shape index (κ1) is 24.3. The molecule has 0 atom stereocenters. The Balaban J connectivity index is 1.84. The third-order valence-electron chi connectivity index (χ3n) is 4.38. The van der Waals surface area contributed by atoms with Crippen molar-refractivity contribution in [3.05, 3.63) is 92.7 Å². The zero-order chi connectivity index (χ0) is 23.8. The number of halogens is 3. The smallest absolute Gasteiger partial charge is 0.266 e. The lowest BCUT2D eigenvalue weighted by molar-refractivity contribution is -0.112. The van der Waals surface area contributed by atoms with E-state index in [4.69, 9.17) is 21.1 Å². The van der Waals surface area contributed by atoms with Gasteiger partial charge in [0.2, 0.25) is 0 Å². The van der Waals surface area contributed by atoms with E-state index in [0.29, 0.717) is 29.2 Å². The third-order valence-corrected chi connectivity index (χ3v) is 5.19. The molecule has 5 nitrogen and oxygen atoms in total. The summed E-state index contributed by atoms with van der Waals surface area (Å²) in [6.07, 6.45) is 1.42. The molecule has 33 heavy (non-hydrogen) atoms. The number of nitrogens with zero attached hydrogens (tertiary/aromatic N) is 1. The van der Waals surface area contributed by atoms with E-state index < -0.39 is 5.91 Å². The molecule has 0 aliphatic rings. The van der Waals surface area contributed by atoms with Crippen molar-refractivity contribution in [2.75, 3.05) is 11.9 Å². The molecule has 0 aromatic heterocycles. The van der Waals surface area contributed by atoms with Crippen molar-refractivity contribution in [1.29, 1.82) is 5.26 Å². The molecule has 1 N–H and O–H groups in total. The maximum Gasteiger partial charge on any atom is 0.266 e. The molecule has 0 heterocycles. The third kappa shape index (κ3) is 6.82. The van der Waals surface area contributed by atoms with Crippen LogP contribution in [0.5, 0.6) is 11.5 Å². The molecule has 0 radical (unpaired) electrons. The molecule has 0 saturated heterocycles. The van der Waals surface area contributed by atoms with E-state index in [-0.39, 0.29) is 28.8 Å². The Labute approximate surface area is 204 Å². The predicted molar refractivity (Wildman–Crippen MR) is 130 cm³/mol. The SMILES string of the molecule is CCOc1cc(/C=C(\C#N)C(=O)Nc2ccc(Br)cc2)cc(Cl)c1OCc1cccc(F)c1. The second kappa shape index (κ2) is 11.5. The number of nitriles is 1. The quantitative estimate of drug-likeness (QED) is 0.258. The molecule has 0 aliphatic heterocycles. The van der Waals surface area contributed by atoms with Crippen molar-refractivity contribution in [2.45, 2.75) is 13.5 Å². The second-order valence-electron chi connectivity index (χ2n) is 6.81. The van der Waals surface area contributed by atoms with Crippen LogP contribution in [0.15, 0.2) is 70.7 Å². The lowest BCUT2D eigenvalue weighted by Crippen LogP contribution is -2.13. The van der Waals surface area contributed by atoms with Gasteiger partial charge in [-0.1, -0.05) is 39.7 Å². The van der Waals surface area contributed by atoms with Crippen LogP contribution in [-0.2, 0) is 11.4 Å². The molecule has 0 spiro atoms. The number of hydrogen-bond acceptors (Lipinski definition) is 4. The van der Waals surface area contributed by atoms with Crippen molar-refractivity contribution in [1.82, 2.24) is 0 Å². The molecule has 0 bridgehead atoms. The minimum Gasteiger partial charge on any atom is -0.490 e. The Morgan fingerprint density at radius 3 is 2.61 bits per heavy atom. The Morgan fingerprint density at radius 1 is 1.18 bits per heavy atom. The number of carbonyl (C=O) groups is 1. The average Bonchev–Trinajstić information content (AvgIpc) is 2.78. The van der Waals surface area contributed by atoms with E-state index in [9.17, 15) is 14.4 Å². The van der Waals surface area contributed by atoms with Crippen molar-refractivity contribution >= 4 is 45.2 Å². The van der Waals surface area contributed by atoms with Gasteiger partial charge in [-0.25, -0.2) is 4.39 Å². The van der Waals surface area contributed by atoms with Crippen molar-refractivity contribution in [3.8, 4) is 17.6 Å². The van der Waals surface area contributed by atoms with Crippen LogP contribution in [0.4, 0.5) is 10.1 Å². The number of ether oxygens (including phenoxy) is 2. The number of amides is 1. The second-order valence-corrected chi connectivity index (χ2v) is 8.14. The number of nitrogens with one attached hydrogen (secondary N) is 1. The first-order valence-electron chi connectivity index (χ1n) is 9.92. The molecule has 0 fully saturated rings. The highest BCUT2D eigenvalue weighted by Crippen LogP contribution is 2.38. The van der Waals surface area contributed by atoms with Crippen LogP contribution in [0.2, 0.25) is 5.02 Å². The van der Waals surface area contributed by atoms with Gasteiger partial charge in [-0.2, -0.15) is 5.26 Å². The summed E-state index contributed by atoms with van der Waals surface area (Å²) in [4.78, 5) is 12.5. The van der Waals surface area contributed by atoms with E-state index in [1.54, 1.807) is 55.5 Å². The molecule has 1 amide bonds. The van der Waals surface area contributed by atoms with Crippen LogP contribution in [0.3, 0.4) is 0 Å². The zero-order valence-corrected chi connectivity index (χ0v) is 19.9. The van der Waals surface area contributed by atoms with Crippen LogP contribution >= 0.6 is 27.5 Å². The van der Waals surface area contributed by atoms with Gasteiger partial charge in [0.15, 0.2) is 11.5 Å². The van der Waals surface area contributed by atoms with Crippen molar-refractivity contribution < 1.29 is 18.7 Å². The number of carbonyl (C=O) groups excluding carboxylic acids is 1. The maximum atomic E-state index is 13.4. The molecule has 8 heteroatoms. The fourth-order valence-electron chi connectivity index (χ4n) is 2.90.